The SMILES string of the molecule is CCN(CC1CCCO1)C(=O)c1ccc(O)c(Cl)c1. The van der Waals surface area contributed by atoms with Gasteiger partial charge in [-0.25, -0.2) is 0 Å². The number of likely N-dealkylation sites (N-methyl/N-ethyl adjacent to an activating group) is 1. The van der Waals surface area contributed by atoms with Crippen molar-refractivity contribution in [3.8, 4) is 5.75 Å². The van der Waals surface area contributed by atoms with Crippen molar-refractivity contribution in [3.05, 3.63) is 28.8 Å². The number of amides is 1. The van der Waals surface area contributed by atoms with Crippen LogP contribution < -0.4 is 0 Å². The number of carbonyl (C=O) groups is 1. The Morgan fingerprint density at radius 2 is 2.37 bits per heavy atom. The second kappa shape index (κ2) is 6.26. The summed E-state index contributed by atoms with van der Waals surface area (Å²) in [6, 6.07) is 4.52. The van der Waals surface area contributed by atoms with E-state index < -0.39 is 0 Å². The number of phenolic OH excluding ortho intramolecular Hbond substituents is 1. The Labute approximate surface area is 117 Å². The molecule has 19 heavy (non-hydrogen) atoms. The van der Waals surface area contributed by atoms with Crippen molar-refractivity contribution in [1.29, 1.82) is 0 Å². The molecule has 1 aliphatic rings. The average Bonchev–Trinajstić information content (AvgIpc) is 2.91. The lowest BCUT2D eigenvalue weighted by Gasteiger charge is -2.24. The van der Waals surface area contributed by atoms with Crippen LogP contribution in [0.15, 0.2) is 18.2 Å². The monoisotopic (exact) mass is 283 g/mol. The van der Waals surface area contributed by atoms with Crippen LogP contribution in [0.3, 0.4) is 0 Å². The maximum atomic E-state index is 12.4. The van der Waals surface area contributed by atoms with Gasteiger partial charge in [0, 0.05) is 25.3 Å². The highest BCUT2D eigenvalue weighted by Gasteiger charge is 2.22. The van der Waals surface area contributed by atoms with E-state index in [2.05, 4.69) is 0 Å². The molecule has 1 amide bonds. The fourth-order valence-corrected chi connectivity index (χ4v) is 2.39. The minimum atomic E-state index is -0.0834. The first-order valence-corrected chi connectivity index (χ1v) is 6.89. The summed E-state index contributed by atoms with van der Waals surface area (Å²) >= 11 is 5.83. The minimum absolute atomic E-state index is 0.0135. The second-order valence-electron chi connectivity index (χ2n) is 4.65. The number of nitrogens with zero attached hydrogens (tertiary/aromatic N) is 1. The Balaban J connectivity index is 2.08. The molecule has 0 aliphatic carbocycles. The Kier molecular flexibility index (Phi) is 4.66. The summed E-state index contributed by atoms with van der Waals surface area (Å²) in [7, 11) is 0. The van der Waals surface area contributed by atoms with E-state index in [0.29, 0.717) is 18.7 Å². The number of benzene rings is 1. The van der Waals surface area contributed by atoms with Gasteiger partial charge in [0.1, 0.15) is 5.75 Å². The van der Waals surface area contributed by atoms with Crippen molar-refractivity contribution < 1.29 is 14.6 Å². The van der Waals surface area contributed by atoms with Crippen molar-refractivity contribution in [1.82, 2.24) is 4.90 Å². The lowest BCUT2D eigenvalue weighted by molar-refractivity contribution is 0.0539. The highest BCUT2D eigenvalue weighted by molar-refractivity contribution is 6.32. The molecule has 5 heteroatoms. The van der Waals surface area contributed by atoms with E-state index in [-0.39, 0.29) is 22.8 Å². The van der Waals surface area contributed by atoms with E-state index in [9.17, 15) is 9.90 Å². The number of hydrogen-bond donors (Lipinski definition) is 1. The summed E-state index contributed by atoms with van der Waals surface area (Å²) in [5.74, 6) is -0.0970. The van der Waals surface area contributed by atoms with Crippen LogP contribution in [0, 0.1) is 0 Å². The van der Waals surface area contributed by atoms with Crippen LogP contribution in [-0.2, 0) is 4.74 Å². The number of aromatic hydroxyl groups is 1. The molecule has 1 aromatic rings. The van der Waals surface area contributed by atoms with Crippen molar-refractivity contribution in [3.63, 3.8) is 0 Å². The van der Waals surface area contributed by atoms with Crippen LogP contribution in [0.5, 0.6) is 5.75 Å². The van der Waals surface area contributed by atoms with E-state index >= 15 is 0 Å². The lowest BCUT2D eigenvalue weighted by Crippen LogP contribution is -2.37. The van der Waals surface area contributed by atoms with Crippen molar-refractivity contribution >= 4 is 17.5 Å². The normalized spacial score (nSPS) is 18.5. The molecule has 1 heterocycles. The molecule has 1 atom stereocenters. The van der Waals surface area contributed by atoms with Gasteiger partial charge < -0.3 is 14.7 Å². The number of halogens is 1. The summed E-state index contributed by atoms with van der Waals surface area (Å²) in [5.41, 5.74) is 0.489. The van der Waals surface area contributed by atoms with E-state index in [0.717, 1.165) is 19.4 Å². The second-order valence-corrected chi connectivity index (χ2v) is 5.05. The van der Waals surface area contributed by atoms with E-state index in [1.807, 2.05) is 6.92 Å². The van der Waals surface area contributed by atoms with E-state index in [4.69, 9.17) is 16.3 Å². The number of carbonyl (C=O) groups excluding carboxylic acids is 1. The molecule has 4 nitrogen and oxygen atoms in total. The van der Waals surface area contributed by atoms with Crippen LogP contribution in [0.2, 0.25) is 5.02 Å². The van der Waals surface area contributed by atoms with E-state index in [1.54, 1.807) is 11.0 Å². The van der Waals surface area contributed by atoms with Gasteiger partial charge in [-0.1, -0.05) is 11.6 Å². The molecule has 1 N–H and O–H groups in total. The Morgan fingerprint density at radius 1 is 1.58 bits per heavy atom. The average molecular weight is 284 g/mol. The van der Waals surface area contributed by atoms with Gasteiger partial charge in [-0.2, -0.15) is 0 Å². The predicted octanol–water partition coefficient (Wildman–Crippen LogP) is 2.69. The third-order valence-electron chi connectivity index (χ3n) is 3.31. The number of ether oxygens (including phenoxy) is 1. The molecule has 0 bridgehead atoms. The van der Waals surface area contributed by atoms with Crippen molar-refractivity contribution in [2.75, 3.05) is 19.7 Å². The van der Waals surface area contributed by atoms with Gasteiger partial charge in [0.2, 0.25) is 0 Å². The maximum absolute atomic E-state index is 12.4. The standard InChI is InChI=1S/C14H18ClNO3/c1-2-16(9-11-4-3-7-19-11)14(18)10-5-6-13(17)12(15)8-10/h5-6,8,11,17H,2-4,7,9H2,1H3. The zero-order valence-corrected chi connectivity index (χ0v) is 11.7. The molecule has 0 aromatic heterocycles. The molecule has 1 saturated heterocycles. The van der Waals surface area contributed by atoms with Gasteiger partial charge in [-0.15, -0.1) is 0 Å². The molecule has 1 aliphatic heterocycles. The molecule has 0 spiro atoms. The van der Waals surface area contributed by atoms with Crippen LogP contribution >= 0.6 is 11.6 Å². The summed E-state index contributed by atoms with van der Waals surface area (Å²) in [6.07, 6.45) is 2.19. The molecular formula is C14H18ClNO3. The highest BCUT2D eigenvalue weighted by Crippen LogP contribution is 2.24. The van der Waals surface area contributed by atoms with E-state index in [1.165, 1.54) is 12.1 Å². The smallest absolute Gasteiger partial charge is 0.253 e. The first-order chi connectivity index (χ1) is 9.11. The first-order valence-electron chi connectivity index (χ1n) is 6.51. The molecule has 1 aromatic carbocycles. The summed E-state index contributed by atoms with van der Waals surface area (Å²) in [6.45, 7) is 3.95. The summed E-state index contributed by atoms with van der Waals surface area (Å²) < 4.78 is 5.55. The molecule has 104 valence electrons. The zero-order valence-electron chi connectivity index (χ0n) is 10.9. The summed E-state index contributed by atoms with van der Waals surface area (Å²) in [4.78, 5) is 14.1. The first kappa shape index (κ1) is 14.2. The number of phenols is 1. The Morgan fingerprint density at radius 3 is 2.95 bits per heavy atom. The molecule has 2 rings (SSSR count). The van der Waals surface area contributed by atoms with Gasteiger partial charge in [0.05, 0.1) is 11.1 Å². The van der Waals surface area contributed by atoms with Gasteiger partial charge in [-0.3, -0.25) is 4.79 Å². The zero-order chi connectivity index (χ0) is 13.8. The van der Waals surface area contributed by atoms with Crippen molar-refractivity contribution in [2.45, 2.75) is 25.9 Å². The summed E-state index contributed by atoms with van der Waals surface area (Å²) in [5, 5.41) is 9.57. The quantitative estimate of drug-likeness (QED) is 0.924. The third kappa shape index (κ3) is 3.39. The Bertz CT molecular complexity index is 458. The predicted molar refractivity (Wildman–Crippen MR) is 73.7 cm³/mol. The third-order valence-corrected chi connectivity index (χ3v) is 3.61. The molecule has 0 saturated carbocycles. The molecular weight excluding hydrogens is 266 g/mol. The highest BCUT2D eigenvalue weighted by atomic mass is 35.5. The largest absolute Gasteiger partial charge is 0.506 e. The van der Waals surface area contributed by atoms with Crippen LogP contribution in [-0.4, -0.2) is 41.7 Å². The number of hydrogen-bond acceptors (Lipinski definition) is 3. The molecule has 1 fully saturated rings. The Hall–Kier alpha value is -1.26. The fourth-order valence-electron chi connectivity index (χ4n) is 2.21. The van der Waals surface area contributed by atoms with Gasteiger partial charge in [0.25, 0.3) is 5.91 Å². The minimum Gasteiger partial charge on any atom is -0.506 e. The topological polar surface area (TPSA) is 49.8 Å². The van der Waals surface area contributed by atoms with Crippen molar-refractivity contribution in [2.24, 2.45) is 0 Å². The number of rotatable bonds is 4. The fraction of sp³-hybridized carbons (Fsp3) is 0.500. The maximum Gasteiger partial charge on any atom is 0.253 e. The lowest BCUT2D eigenvalue weighted by atomic mass is 10.1. The molecule has 1 unspecified atom stereocenters. The van der Waals surface area contributed by atoms with Crippen LogP contribution in [0.4, 0.5) is 0 Å². The van der Waals surface area contributed by atoms with Crippen LogP contribution in [0.1, 0.15) is 30.1 Å². The van der Waals surface area contributed by atoms with Crippen LogP contribution in [0.25, 0.3) is 0 Å². The van der Waals surface area contributed by atoms with Gasteiger partial charge >= 0.3 is 0 Å². The van der Waals surface area contributed by atoms with Gasteiger partial charge in [0.15, 0.2) is 0 Å². The van der Waals surface area contributed by atoms with Gasteiger partial charge in [-0.05, 0) is 38.0 Å². The molecule has 0 radical (unpaired) electrons.